The summed E-state index contributed by atoms with van der Waals surface area (Å²) < 4.78 is 11.9. The molecule has 1 unspecified atom stereocenters. The number of hydrogen-bond donors (Lipinski definition) is 2. The molecule has 0 aliphatic carbocycles. The second-order valence-electron chi connectivity index (χ2n) is 5.49. The SMILES string of the molecule is CS(=O)c1ccccc1-c1ccc(CNNc2ccccc2)cc1. The smallest absolute Gasteiger partial charge is 0.0504 e. The second kappa shape index (κ2) is 7.90. The maximum atomic E-state index is 11.9. The third-order valence-corrected chi connectivity index (χ3v) is 4.74. The highest BCUT2D eigenvalue weighted by atomic mass is 32.2. The normalized spacial score (nSPS) is 11.9. The standard InChI is InChI=1S/C20H20N2OS/c1-24(23)20-10-6-5-9-19(20)17-13-11-16(12-14-17)15-21-22-18-7-3-2-4-8-18/h2-14,21-22H,15H2,1H3. The fourth-order valence-electron chi connectivity index (χ4n) is 2.53. The van der Waals surface area contributed by atoms with Crippen molar-refractivity contribution in [3.05, 3.63) is 84.4 Å². The lowest BCUT2D eigenvalue weighted by Crippen LogP contribution is -2.20. The Morgan fingerprint density at radius 2 is 1.50 bits per heavy atom. The minimum atomic E-state index is -0.995. The van der Waals surface area contributed by atoms with Crippen molar-refractivity contribution in [1.29, 1.82) is 0 Å². The Bertz CT molecular complexity index is 817. The van der Waals surface area contributed by atoms with Gasteiger partial charge < -0.3 is 5.43 Å². The minimum absolute atomic E-state index is 0.719. The summed E-state index contributed by atoms with van der Waals surface area (Å²) >= 11 is 0. The van der Waals surface area contributed by atoms with Crippen LogP contribution in [0.2, 0.25) is 0 Å². The van der Waals surface area contributed by atoms with E-state index in [4.69, 9.17) is 0 Å². The number of anilines is 1. The third kappa shape index (κ3) is 4.10. The molecule has 0 fully saturated rings. The van der Waals surface area contributed by atoms with Crippen LogP contribution >= 0.6 is 0 Å². The highest BCUT2D eigenvalue weighted by Gasteiger charge is 2.07. The van der Waals surface area contributed by atoms with Crippen LogP contribution in [0.5, 0.6) is 0 Å². The maximum Gasteiger partial charge on any atom is 0.0504 e. The molecule has 0 spiro atoms. The first-order valence-corrected chi connectivity index (χ1v) is 9.35. The largest absolute Gasteiger partial charge is 0.321 e. The van der Waals surface area contributed by atoms with Gasteiger partial charge in [-0.1, -0.05) is 60.7 Å². The average molecular weight is 336 g/mol. The van der Waals surface area contributed by atoms with Crippen LogP contribution in [0.4, 0.5) is 5.69 Å². The van der Waals surface area contributed by atoms with E-state index < -0.39 is 10.8 Å². The van der Waals surface area contributed by atoms with Gasteiger partial charge in [-0.05, 0) is 34.9 Å². The number of para-hydroxylation sites is 1. The molecule has 0 aliphatic rings. The van der Waals surface area contributed by atoms with E-state index in [2.05, 4.69) is 35.1 Å². The molecule has 0 saturated heterocycles. The summed E-state index contributed by atoms with van der Waals surface area (Å²) in [6.07, 6.45) is 1.71. The van der Waals surface area contributed by atoms with E-state index >= 15 is 0 Å². The van der Waals surface area contributed by atoms with Crippen molar-refractivity contribution in [2.24, 2.45) is 0 Å². The molecule has 4 heteroatoms. The van der Waals surface area contributed by atoms with Gasteiger partial charge in [0.25, 0.3) is 0 Å². The van der Waals surface area contributed by atoms with Gasteiger partial charge in [0.05, 0.1) is 10.8 Å². The first kappa shape index (κ1) is 16.4. The summed E-state index contributed by atoms with van der Waals surface area (Å²) in [6, 6.07) is 26.2. The molecule has 1 atom stereocenters. The van der Waals surface area contributed by atoms with Crippen molar-refractivity contribution in [2.45, 2.75) is 11.4 Å². The molecule has 2 N–H and O–H groups in total. The molecule has 0 heterocycles. The van der Waals surface area contributed by atoms with Gasteiger partial charge in [0.1, 0.15) is 0 Å². The summed E-state index contributed by atoms with van der Waals surface area (Å²) in [6.45, 7) is 0.719. The Labute approximate surface area is 145 Å². The predicted molar refractivity (Wildman–Crippen MR) is 101 cm³/mol. The molecule has 3 nitrogen and oxygen atoms in total. The van der Waals surface area contributed by atoms with Gasteiger partial charge in [0.2, 0.25) is 0 Å². The Balaban J connectivity index is 1.67. The van der Waals surface area contributed by atoms with E-state index in [1.54, 1.807) is 6.26 Å². The van der Waals surface area contributed by atoms with Gasteiger partial charge in [-0.2, -0.15) is 0 Å². The fourth-order valence-corrected chi connectivity index (χ4v) is 3.29. The maximum absolute atomic E-state index is 11.9. The lowest BCUT2D eigenvalue weighted by Gasteiger charge is -2.10. The summed E-state index contributed by atoms with van der Waals surface area (Å²) in [5, 5.41) is 0. The van der Waals surface area contributed by atoms with Crippen molar-refractivity contribution >= 4 is 16.5 Å². The van der Waals surface area contributed by atoms with Gasteiger partial charge >= 0.3 is 0 Å². The summed E-state index contributed by atoms with van der Waals surface area (Å²) in [5.41, 5.74) is 10.7. The van der Waals surface area contributed by atoms with Gasteiger partial charge in [0.15, 0.2) is 0 Å². The molecule has 0 radical (unpaired) electrons. The van der Waals surface area contributed by atoms with E-state index in [0.717, 1.165) is 28.3 Å². The molecule has 3 aromatic carbocycles. The molecule has 3 aromatic rings. The van der Waals surface area contributed by atoms with Crippen LogP contribution in [0.1, 0.15) is 5.56 Å². The molecular weight excluding hydrogens is 316 g/mol. The quantitative estimate of drug-likeness (QED) is 0.663. The van der Waals surface area contributed by atoms with Crippen LogP contribution < -0.4 is 10.9 Å². The molecule has 122 valence electrons. The minimum Gasteiger partial charge on any atom is -0.321 e. The molecule has 0 aliphatic heterocycles. The van der Waals surface area contributed by atoms with Crippen LogP contribution in [0, 0.1) is 0 Å². The average Bonchev–Trinajstić information content (AvgIpc) is 2.63. The number of nitrogens with one attached hydrogen (secondary N) is 2. The predicted octanol–water partition coefficient (Wildman–Crippen LogP) is 4.21. The van der Waals surface area contributed by atoms with E-state index in [1.165, 1.54) is 5.56 Å². The summed E-state index contributed by atoms with van der Waals surface area (Å²) in [5.74, 6) is 0. The van der Waals surface area contributed by atoms with E-state index in [0.29, 0.717) is 0 Å². The van der Waals surface area contributed by atoms with E-state index in [1.807, 2.05) is 54.6 Å². The van der Waals surface area contributed by atoms with Gasteiger partial charge in [-0.15, -0.1) is 0 Å². The Morgan fingerprint density at radius 1 is 0.833 bits per heavy atom. The fraction of sp³-hybridized carbons (Fsp3) is 0.100. The Kier molecular flexibility index (Phi) is 5.41. The Hall–Kier alpha value is -2.43. The highest BCUT2D eigenvalue weighted by Crippen LogP contribution is 2.26. The number of benzene rings is 3. The summed E-state index contributed by atoms with van der Waals surface area (Å²) in [7, 11) is -0.995. The zero-order valence-corrected chi connectivity index (χ0v) is 14.3. The van der Waals surface area contributed by atoms with Crippen molar-refractivity contribution < 1.29 is 4.21 Å². The van der Waals surface area contributed by atoms with Gasteiger partial charge in [-0.3, -0.25) is 4.21 Å². The molecule has 24 heavy (non-hydrogen) atoms. The molecule has 0 amide bonds. The lowest BCUT2D eigenvalue weighted by atomic mass is 10.0. The van der Waals surface area contributed by atoms with E-state index in [9.17, 15) is 4.21 Å². The van der Waals surface area contributed by atoms with Crippen molar-refractivity contribution in [2.75, 3.05) is 11.7 Å². The van der Waals surface area contributed by atoms with Crippen molar-refractivity contribution in [3.63, 3.8) is 0 Å². The Morgan fingerprint density at radius 3 is 2.21 bits per heavy atom. The highest BCUT2D eigenvalue weighted by molar-refractivity contribution is 7.84. The van der Waals surface area contributed by atoms with Crippen LogP contribution in [0.25, 0.3) is 11.1 Å². The first-order valence-electron chi connectivity index (χ1n) is 7.80. The molecule has 0 saturated carbocycles. The molecule has 3 rings (SSSR count). The second-order valence-corrected chi connectivity index (χ2v) is 6.84. The zero-order valence-electron chi connectivity index (χ0n) is 13.5. The van der Waals surface area contributed by atoms with Crippen LogP contribution in [-0.2, 0) is 17.3 Å². The molecule has 0 aromatic heterocycles. The molecular formula is C20H20N2OS. The van der Waals surface area contributed by atoms with E-state index in [-0.39, 0.29) is 0 Å². The number of hydrogen-bond acceptors (Lipinski definition) is 3. The van der Waals surface area contributed by atoms with Crippen molar-refractivity contribution in [1.82, 2.24) is 5.43 Å². The van der Waals surface area contributed by atoms with Crippen LogP contribution in [-0.4, -0.2) is 10.5 Å². The van der Waals surface area contributed by atoms with Gasteiger partial charge in [-0.25, -0.2) is 5.43 Å². The van der Waals surface area contributed by atoms with Crippen LogP contribution in [0.3, 0.4) is 0 Å². The topological polar surface area (TPSA) is 41.1 Å². The molecule has 0 bridgehead atoms. The summed E-state index contributed by atoms with van der Waals surface area (Å²) in [4.78, 5) is 0.870. The number of hydrazine groups is 1. The van der Waals surface area contributed by atoms with Gasteiger partial charge in [0, 0.05) is 23.4 Å². The van der Waals surface area contributed by atoms with Crippen molar-refractivity contribution in [3.8, 4) is 11.1 Å². The number of rotatable bonds is 6. The lowest BCUT2D eigenvalue weighted by molar-refractivity contribution is 0.687. The monoisotopic (exact) mass is 336 g/mol. The zero-order chi connectivity index (χ0) is 16.8. The van der Waals surface area contributed by atoms with Crippen LogP contribution in [0.15, 0.2) is 83.8 Å². The first-order chi connectivity index (χ1) is 11.7. The third-order valence-electron chi connectivity index (χ3n) is 3.76.